The van der Waals surface area contributed by atoms with Crippen LogP contribution in [0.5, 0.6) is 17.4 Å². The number of nitrogens with zero attached hydrogens (tertiary/aromatic N) is 2. The molecule has 0 saturated heterocycles. The summed E-state index contributed by atoms with van der Waals surface area (Å²) in [6.07, 6.45) is 0.536. The molecule has 0 fully saturated rings. The fourth-order valence-corrected chi connectivity index (χ4v) is 4.33. The maximum atomic E-state index is 13.0. The summed E-state index contributed by atoms with van der Waals surface area (Å²) >= 11 is 0. The van der Waals surface area contributed by atoms with Crippen LogP contribution in [0.15, 0.2) is 52.1 Å². The van der Waals surface area contributed by atoms with E-state index in [0.29, 0.717) is 30.0 Å². The van der Waals surface area contributed by atoms with Gasteiger partial charge in [0.1, 0.15) is 5.56 Å². The first kappa shape index (κ1) is 22.2. The number of hydrogen-bond donors (Lipinski definition) is 2. The van der Waals surface area contributed by atoms with Gasteiger partial charge in [-0.15, -0.1) is 0 Å². The van der Waals surface area contributed by atoms with Crippen LogP contribution in [0, 0.1) is 0 Å². The van der Waals surface area contributed by atoms with E-state index in [2.05, 4.69) is 4.98 Å². The van der Waals surface area contributed by atoms with Gasteiger partial charge in [-0.05, 0) is 35.2 Å². The highest BCUT2D eigenvalue weighted by Crippen LogP contribution is 2.41. The number of benzene rings is 2. The summed E-state index contributed by atoms with van der Waals surface area (Å²) in [6.45, 7) is 1.80. The number of ether oxygens (including phenoxy) is 2. The molecule has 0 aliphatic carbocycles. The minimum Gasteiger partial charge on any atom is -0.494 e. The zero-order valence-electron chi connectivity index (χ0n) is 18.6. The van der Waals surface area contributed by atoms with Crippen LogP contribution in [0.4, 0.5) is 0 Å². The SMILES string of the molecule is COc1cc2c(cc1OC)[C@H](c1c(O)n(Cc3ccccc3)c(=O)[nH]c1=O)N(C(C)=O)CC2. The van der Waals surface area contributed by atoms with Crippen LogP contribution in [0.25, 0.3) is 0 Å². The predicted octanol–water partition coefficient (Wildman–Crippen LogP) is 1.80. The van der Waals surface area contributed by atoms with Gasteiger partial charge in [-0.25, -0.2) is 4.79 Å². The maximum absolute atomic E-state index is 13.0. The highest BCUT2D eigenvalue weighted by molar-refractivity contribution is 5.75. The number of methoxy groups -OCH3 is 2. The van der Waals surface area contributed by atoms with E-state index >= 15 is 0 Å². The molecule has 0 unspecified atom stereocenters. The second-order valence-corrected chi connectivity index (χ2v) is 7.84. The van der Waals surface area contributed by atoms with Gasteiger partial charge in [0, 0.05) is 13.5 Å². The number of aromatic hydroxyl groups is 1. The third-order valence-electron chi connectivity index (χ3n) is 5.94. The molecule has 1 atom stereocenters. The molecule has 2 N–H and O–H groups in total. The van der Waals surface area contributed by atoms with Crippen LogP contribution in [-0.4, -0.2) is 46.2 Å². The van der Waals surface area contributed by atoms with Crippen LogP contribution in [0.2, 0.25) is 0 Å². The van der Waals surface area contributed by atoms with E-state index in [-0.39, 0.29) is 18.0 Å². The Morgan fingerprint density at radius 3 is 2.42 bits per heavy atom. The predicted molar refractivity (Wildman–Crippen MR) is 121 cm³/mol. The monoisotopic (exact) mass is 451 g/mol. The largest absolute Gasteiger partial charge is 0.494 e. The molecule has 1 amide bonds. The van der Waals surface area contributed by atoms with Crippen LogP contribution in [0.1, 0.15) is 35.2 Å². The lowest BCUT2D eigenvalue weighted by atomic mass is 9.88. The summed E-state index contributed by atoms with van der Waals surface area (Å²) in [6, 6.07) is 11.7. The molecule has 0 spiro atoms. The molecular weight excluding hydrogens is 426 g/mol. The quantitative estimate of drug-likeness (QED) is 0.612. The molecule has 1 aliphatic rings. The topological polar surface area (TPSA) is 114 Å². The molecular formula is C24H25N3O6. The van der Waals surface area contributed by atoms with Gasteiger partial charge in [0.2, 0.25) is 11.8 Å². The number of carbonyl (C=O) groups is 1. The van der Waals surface area contributed by atoms with E-state index in [1.807, 2.05) is 36.4 Å². The molecule has 9 nitrogen and oxygen atoms in total. The Morgan fingerprint density at radius 2 is 1.79 bits per heavy atom. The van der Waals surface area contributed by atoms with Crippen LogP contribution >= 0.6 is 0 Å². The van der Waals surface area contributed by atoms with E-state index < -0.39 is 23.2 Å². The Labute approximate surface area is 189 Å². The fourth-order valence-electron chi connectivity index (χ4n) is 4.33. The average molecular weight is 451 g/mol. The van der Waals surface area contributed by atoms with Gasteiger partial charge < -0.3 is 19.5 Å². The van der Waals surface area contributed by atoms with Crippen molar-refractivity contribution in [2.75, 3.05) is 20.8 Å². The number of nitrogens with one attached hydrogen (secondary N) is 1. The lowest BCUT2D eigenvalue weighted by Gasteiger charge is -2.37. The van der Waals surface area contributed by atoms with Crippen molar-refractivity contribution in [3.63, 3.8) is 0 Å². The van der Waals surface area contributed by atoms with Crippen LogP contribution in [-0.2, 0) is 17.8 Å². The molecule has 0 bridgehead atoms. The van der Waals surface area contributed by atoms with Gasteiger partial charge in [0.05, 0.1) is 26.8 Å². The Kier molecular flexibility index (Phi) is 5.95. The molecule has 33 heavy (non-hydrogen) atoms. The van der Waals surface area contributed by atoms with Gasteiger partial charge in [-0.2, -0.15) is 0 Å². The van der Waals surface area contributed by atoms with E-state index in [0.717, 1.165) is 15.7 Å². The van der Waals surface area contributed by atoms with E-state index in [1.165, 1.54) is 26.0 Å². The summed E-state index contributed by atoms with van der Waals surface area (Å²) in [4.78, 5) is 41.9. The molecule has 1 aromatic heterocycles. The Balaban J connectivity index is 1.95. The molecule has 0 radical (unpaired) electrons. The molecule has 1 aliphatic heterocycles. The van der Waals surface area contributed by atoms with Crippen molar-refractivity contribution in [1.29, 1.82) is 0 Å². The molecule has 9 heteroatoms. The van der Waals surface area contributed by atoms with Crippen molar-refractivity contribution >= 4 is 5.91 Å². The number of hydrogen-bond acceptors (Lipinski definition) is 6. The van der Waals surface area contributed by atoms with E-state index in [9.17, 15) is 19.5 Å². The molecule has 0 saturated carbocycles. The lowest BCUT2D eigenvalue weighted by molar-refractivity contribution is -0.130. The number of aromatic nitrogens is 2. The van der Waals surface area contributed by atoms with Gasteiger partial charge in [0.15, 0.2) is 11.5 Å². The van der Waals surface area contributed by atoms with Gasteiger partial charge >= 0.3 is 5.69 Å². The Morgan fingerprint density at radius 1 is 1.12 bits per heavy atom. The smallest absolute Gasteiger partial charge is 0.331 e. The molecule has 4 rings (SSSR count). The zero-order valence-corrected chi connectivity index (χ0v) is 18.6. The second kappa shape index (κ2) is 8.85. The van der Waals surface area contributed by atoms with Gasteiger partial charge in [-0.3, -0.25) is 19.1 Å². The Hall–Kier alpha value is -4.01. The third kappa shape index (κ3) is 3.97. The highest BCUT2D eigenvalue weighted by Gasteiger charge is 2.36. The number of rotatable bonds is 5. The van der Waals surface area contributed by atoms with Crippen LogP contribution in [0.3, 0.4) is 0 Å². The maximum Gasteiger partial charge on any atom is 0.331 e. The van der Waals surface area contributed by atoms with E-state index in [1.54, 1.807) is 6.07 Å². The Bertz CT molecular complexity index is 1310. The van der Waals surface area contributed by atoms with Crippen molar-refractivity contribution in [2.45, 2.75) is 25.9 Å². The first-order valence-corrected chi connectivity index (χ1v) is 10.5. The first-order valence-electron chi connectivity index (χ1n) is 10.5. The number of fused-ring (bicyclic) bond motifs is 1. The summed E-state index contributed by atoms with van der Waals surface area (Å²) in [7, 11) is 3.03. The summed E-state index contributed by atoms with van der Waals surface area (Å²) in [5, 5.41) is 11.2. The third-order valence-corrected chi connectivity index (χ3v) is 5.94. The summed E-state index contributed by atoms with van der Waals surface area (Å²) in [5.74, 6) is 0.213. The standard InChI is InChI=1S/C24H25N3O6/c1-14(28)26-10-9-16-11-18(32-2)19(33-3)12-17(16)21(26)20-22(29)25-24(31)27(23(20)30)13-15-7-5-4-6-8-15/h4-8,11-12,21,30H,9-10,13H2,1-3H3,(H,25,29,31)/t21-/m1/s1. The van der Waals surface area contributed by atoms with E-state index in [4.69, 9.17) is 9.47 Å². The minimum atomic E-state index is -0.905. The first-order chi connectivity index (χ1) is 15.8. The summed E-state index contributed by atoms with van der Waals surface area (Å²) in [5.41, 5.74) is 0.693. The molecule has 2 heterocycles. The second-order valence-electron chi connectivity index (χ2n) is 7.84. The van der Waals surface area contributed by atoms with Gasteiger partial charge in [0.25, 0.3) is 5.56 Å². The molecule has 172 valence electrons. The van der Waals surface area contributed by atoms with Crippen molar-refractivity contribution in [2.24, 2.45) is 0 Å². The molecule has 3 aromatic rings. The lowest BCUT2D eigenvalue weighted by Crippen LogP contribution is -2.43. The number of H-pyrrole nitrogens is 1. The average Bonchev–Trinajstić information content (AvgIpc) is 2.81. The van der Waals surface area contributed by atoms with Gasteiger partial charge in [-0.1, -0.05) is 30.3 Å². The normalized spacial score (nSPS) is 15.1. The fraction of sp³-hybridized carbons (Fsp3) is 0.292. The number of aromatic amines is 1. The zero-order chi connectivity index (χ0) is 23.7. The number of carbonyl (C=O) groups excluding carboxylic acids is 1. The van der Waals surface area contributed by atoms with Crippen molar-refractivity contribution in [3.05, 3.63) is 85.6 Å². The van der Waals surface area contributed by atoms with Crippen molar-refractivity contribution in [1.82, 2.24) is 14.5 Å². The molecule has 2 aromatic carbocycles. The van der Waals surface area contributed by atoms with Crippen molar-refractivity contribution in [3.8, 4) is 17.4 Å². The van der Waals surface area contributed by atoms with Crippen LogP contribution < -0.4 is 20.7 Å². The minimum absolute atomic E-state index is 0.0564. The summed E-state index contributed by atoms with van der Waals surface area (Å²) < 4.78 is 11.9. The van der Waals surface area contributed by atoms with Crippen molar-refractivity contribution < 1.29 is 19.4 Å². The number of amides is 1. The highest BCUT2D eigenvalue weighted by atomic mass is 16.5.